The average molecular weight is 443 g/mol. The molecule has 1 aliphatic rings. The SMILES string of the molecule is O=C(O)COc1ccc(C(=O)CCN2CCN(c3ccncc3)CC2)cc1OCC(=O)O. The third kappa shape index (κ3) is 6.67. The van der Waals surface area contributed by atoms with Gasteiger partial charge in [0.05, 0.1) is 0 Å². The number of carboxylic acids is 2. The minimum Gasteiger partial charge on any atom is -0.479 e. The first-order valence-electron chi connectivity index (χ1n) is 10.2. The number of carboxylic acid groups (broad SMARTS) is 2. The normalized spacial score (nSPS) is 14.1. The van der Waals surface area contributed by atoms with Gasteiger partial charge in [0.1, 0.15) is 0 Å². The molecule has 0 atom stereocenters. The number of aromatic nitrogens is 1. The zero-order valence-electron chi connectivity index (χ0n) is 17.5. The molecule has 0 unspecified atom stereocenters. The molecule has 10 nitrogen and oxygen atoms in total. The van der Waals surface area contributed by atoms with Gasteiger partial charge in [-0.2, -0.15) is 0 Å². The number of hydrogen-bond acceptors (Lipinski definition) is 8. The lowest BCUT2D eigenvalue weighted by atomic mass is 10.1. The first-order valence-corrected chi connectivity index (χ1v) is 10.2. The number of carbonyl (C=O) groups excluding carboxylic acids is 1. The number of Topliss-reactive ketones (excluding diaryl/α,β-unsaturated/α-hetero) is 1. The zero-order valence-corrected chi connectivity index (χ0v) is 17.5. The minimum atomic E-state index is -1.20. The largest absolute Gasteiger partial charge is 0.479 e. The van der Waals surface area contributed by atoms with E-state index < -0.39 is 25.2 Å². The molecule has 1 aromatic carbocycles. The number of pyridine rings is 1. The van der Waals surface area contributed by atoms with Crippen molar-refractivity contribution in [3.05, 3.63) is 48.3 Å². The van der Waals surface area contributed by atoms with Gasteiger partial charge >= 0.3 is 11.9 Å². The van der Waals surface area contributed by atoms with E-state index in [2.05, 4.69) is 14.8 Å². The van der Waals surface area contributed by atoms with E-state index in [0.717, 1.165) is 31.9 Å². The van der Waals surface area contributed by atoms with Crippen molar-refractivity contribution in [2.75, 3.05) is 50.8 Å². The van der Waals surface area contributed by atoms with Crippen molar-refractivity contribution in [1.29, 1.82) is 0 Å². The molecule has 2 N–H and O–H groups in total. The van der Waals surface area contributed by atoms with Gasteiger partial charge < -0.3 is 24.6 Å². The summed E-state index contributed by atoms with van der Waals surface area (Å²) in [7, 11) is 0. The molecule has 0 saturated carbocycles. The van der Waals surface area contributed by atoms with Crippen LogP contribution in [-0.2, 0) is 9.59 Å². The quantitative estimate of drug-likeness (QED) is 0.492. The molecule has 0 radical (unpaired) electrons. The Hall–Kier alpha value is -3.66. The fraction of sp³-hybridized carbons (Fsp3) is 0.364. The van der Waals surface area contributed by atoms with Crippen LogP contribution in [0.5, 0.6) is 11.5 Å². The van der Waals surface area contributed by atoms with Gasteiger partial charge in [0, 0.05) is 62.8 Å². The number of piperazine rings is 1. The Balaban J connectivity index is 1.55. The summed E-state index contributed by atoms with van der Waals surface area (Å²) in [4.78, 5) is 42.8. The maximum atomic E-state index is 12.7. The molecule has 1 aromatic heterocycles. The van der Waals surface area contributed by atoms with E-state index in [1.165, 1.54) is 18.2 Å². The first-order chi connectivity index (χ1) is 15.4. The smallest absolute Gasteiger partial charge is 0.341 e. The predicted molar refractivity (Wildman–Crippen MR) is 115 cm³/mol. The summed E-state index contributed by atoms with van der Waals surface area (Å²) in [5.41, 5.74) is 1.48. The lowest BCUT2D eigenvalue weighted by Crippen LogP contribution is -2.46. The molecule has 1 aliphatic heterocycles. The van der Waals surface area contributed by atoms with E-state index >= 15 is 0 Å². The van der Waals surface area contributed by atoms with Crippen molar-refractivity contribution in [2.24, 2.45) is 0 Å². The number of ketones is 1. The fourth-order valence-corrected chi connectivity index (χ4v) is 3.38. The van der Waals surface area contributed by atoms with Crippen LogP contribution in [0.25, 0.3) is 0 Å². The van der Waals surface area contributed by atoms with Gasteiger partial charge in [-0.1, -0.05) is 0 Å². The highest BCUT2D eigenvalue weighted by molar-refractivity contribution is 5.96. The van der Waals surface area contributed by atoms with Crippen LogP contribution in [0.3, 0.4) is 0 Å². The highest BCUT2D eigenvalue weighted by atomic mass is 16.5. The Bertz CT molecular complexity index is 944. The Morgan fingerprint density at radius 3 is 2.12 bits per heavy atom. The average Bonchev–Trinajstić information content (AvgIpc) is 2.81. The number of rotatable bonds is 11. The third-order valence-corrected chi connectivity index (χ3v) is 5.02. The van der Waals surface area contributed by atoms with Crippen molar-refractivity contribution >= 4 is 23.4 Å². The van der Waals surface area contributed by atoms with Crippen LogP contribution in [0.2, 0.25) is 0 Å². The van der Waals surface area contributed by atoms with Gasteiger partial charge in [0.15, 0.2) is 30.5 Å². The molecule has 10 heteroatoms. The van der Waals surface area contributed by atoms with Crippen LogP contribution in [0, 0.1) is 0 Å². The maximum Gasteiger partial charge on any atom is 0.341 e. The van der Waals surface area contributed by atoms with Crippen LogP contribution >= 0.6 is 0 Å². The molecular formula is C22H25N3O7. The first kappa shape index (κ1) is 23.0. The number of aliphatic carboxylic acids is 2. The van der Waals surface area contributed by atoms with Crippen LogP contribution in [-0.4, -0.2) is 83.8 Å². The molecule has 0 bridgehead atoms. The van der Waals surface area contributed by atoms with E-state index in [9.17, 15) is 14.4 Å². The lowest BCUT2D eigenvalue weighted by molar-refractivity contribution is -0.140. The highest BCUT2D eigenvalue weighted by Crippen LogP contribution is 2.29. The molecule has 1 saturated heterocycles. The van der Waals surface area contributed by atoms with E-state index in [1.54, 1.807) is 12.4 Å². The zero-order chi connectivity index (χ0) is 22.9. The summed E-state index contributed by atoms with van der Waals surface area (Å²) >= 11 is 0. The molecule has 1 fully saturated rings. The number of ether oxygens (including phenoxy) is 2. The van der Waals surface area contributed by atoms with Crippen molar-refractivity contribution in [3.63, 3.8) is 0 Å². The van der Waals surface area contributed by atoms with Gasteiger partial charge in [-0.3, -0.25) is 14.7 Å². The van der Waals surface area contributed by atoms with Crippen molar-refractivity contribution in [2.45, 2.75) is 6.42 Å². The number of hydrogen-bond donors (Lipinski definition) is 2. The molecule has 0 spiro atoms. The van der Waals surface area contributed by atoms with E-state index in [0.29, 0.717) is 18.5 Å². The third-order valence-electron chi connectivity index (χ3n) is 5.02. The van der Waals surface area contributed by atoms with Gasteiger partial charge in [-0.05, 0) is 30.3 Å². The molecule has 2 heterocycles. The van der Waals surface area contributed by atoms with Crippen LogP contribution < -0.4 is 14.4 Å². The summed E-state index contributed by atoms with van der Waals surface area (Å²) in [6, 6.07) is 8.29. The Morgan fingerprint density at radius 1 is 0.875 bits per heavy atom. The second-order valence-corrected chi connectivity index (χ2v) is 7.23. The molecule has 2 aromatic rings. The number of nitrogens with zero attached hydrogens (tertiary/aromatic N) is 3. The van der Waals surface area contributed by atoms with Crippen LogP contribution in [0.1, 0.15) is 16.8 Å². The number of benzene rings is 1. The van der Waals surface area contributed by atoms with Gasteiger partial charge in [-0.15, -0.1) is 0 Å². The van der Waals surface area contributed by atoms with Gasteiger partial charge in [-0.25, -0.2) is 9.59 Å². The monoisotopic (exact) mass is 443 g/mol. The summed E-state index contributed by atoms with van der Waals surface area (Å²) in [5, 5.41) is 17.6. The molecule has 3 rings (SSSR count). The topological polar surface area (TPSA) is 130 Å². The Morgan fingerprint density at radius 2 is 1.50 bits per heavy atom. The van der Waals surface area contributed by atoms with Crippen molar-refractivity contribution in [1.82, 2.24) is 9.88 Å². The van der Waals surface area contributed by atoms with E-state index in [-0.39, 0.29) is 17.3 Å². The second-order valence-electron chi connectivity index (χ2n) is 7.23. The minimum absolute atomic E-state index is 0.0189. The summed E-state index contributed by atoms with van der Waals surface area (Å²) < 4.78 is 10.3. The number of anilines is 1. The molecular weight excluding hydrogens is 418 g/mol. The molecule has 170 valence electrons. The maximum absolute atomic E-state index is 12.7. The van der Waals surface area contributed by atoms with E-state index in [1.807, 2.05) is 12.1 Å². The van der Waals surface area contributed by atoms with E-state index in [4.69, 9.17) is 19.7 Å². The molecule has 0 aliphatic carbocycles. The Labute approximate surface area is 185 Å². The lowest BCUT2D eigenvalue weighted by Gasteiger charge is -2.35. The van der Waals surface area contributed by atoms with Crippen molar-refractivity contribution in [3.8, 4) is 11.5 Å². The van der Waals surface area contributed by atoms with Gasteiger partial charge in [0.2, 0.25) is 0 Å². The van der Waals surface area contributed by atoms with Crippen molar-refractivity contribution < 1.29 is 34.1 Å². The summed E-state index contributed by atoms with van der Waals surface area (Å²) in [5.74, 6) is -2.41. The molecule has 32 heavy (non-hydrogen) atoms. The second kappa shape index (κ2) is 11.1. The highest BCUT2D eigenvalue weighted by Gasteiger charge is 2.19. The Kier molecular flexibility index (Phi) is 7.98. The fourth-order valence-electron chi connectivity index (χ4n) is 3.38. The predicted octanol–water partition coefficient (Wildman–Crippen LogP) is 1.40. The van der Waals surface area contributed by atoms with Gasteiger partial charge in [0.25, 0.3) is 0 Å². The summed E-state index contributed by atoms with van der Waals surface area (Å²) in [6.45, 7) is 2.76. The molecule has 0 amide bonds. The number of carbonyl (C=O) groups is 3. The van der Waals surface area contributed by atoms with Crippen LogP contribution in [0.15, 0.2) is 42.7 Å². The van der Waals surface area contributed by atoms with Crippen LogP contribution in [0.4, 0.5) is 5.69 Å². The summed E-state index contributed by atoms with van der Waals surface area (Å²) in [6.07, 6.45) is 3.84. The standard InChI is InChI=1S/C22H25N3O7/c26-18(5-8-24-9-11-25(12-10-24)17-3-6-23-7-4-17)16-1-2-19(31-14-21(27)28)20(13-16)32-15-22(29)30/h1-4,6-7,13H,5,8-12,14-15H2,(H,27,28)(H,29,30).